The van der Waals surface area contributed by atoms with Crippen molar-refractivity contribution in [1.29, 1.82) is 0 Å². The summed E-state index contributed by atoms with van der Waals surface area (Å²) in [6, 6.07) is 15.5. The summed E-state index contributed by atoms with van der Waals surface area (Å²) in [5, 5.41) is 1.21. The van der Waals surface area contributed by atoms with E-state index in [4.69, 9.17) is 16.6 Å². The summed E-state index contributed by atoms with van der Waals surface area (Å²) in [5.74, 6) is 0.751. The summed E-state index contributed by atoms with van der Waals surface area (Å²) in [7, 11) is 0. The molecule has 2 heterocycles. The fourth-order valence-corrected chi connectivity index (χ4v) is 3.35. The summed E-state index contributed by atoms with van der Waals surface area (Å²) in [6.45, 7) is 2.06. The van der Waals surface area contributed by atoms with Crippen LogP contribution in [0, 0.1) is 0 Å². The summed E-state index contributed by atoms with van der Waals surface area (Å²) in [6.07, 6.45) is 2.92. The minimum absolute atomic E-state index is 0.00521. The normalized spacial score (nSPS) is 18.5. The molecule has 0 amide bonds. The van der Waals surface area contributed by atoms with Gasteiger partial charge in [0.25, 0.3) is 5.56 Å². The highest BCUT2D eigenvalue weighted by Gasteiger charge is 2.26. The van der Waals surface area contributed by atoms with E-state index < -0.39 is 0 Å². The van der Waals surface area contributed by atoms with Crippen LogP contribution < -0.4 is 5.56 Å². The molecule has 1 atom stereocenters. The number of hydrogen-bond acceptors (Lipinski definition) is 2. The highest BCUT2D eigenvalue weighted by atomic mass is 35.5. The van der Waals surface area contributed by atoms with Crippen molar-refractivity contribution in [3.05, 3.63) is 75.3 Å². The molecule has 0 saturated carbocycles. The Morgan fingerprint density at radius 2 is 2.00 bits per heavy atom. The van der Waals surface area contributed by atoms with Crippen LogP contribution in [0.15, 0.2) is 53.3 Å². The number of halogens is 1. The molecule has 0 radical (unpaired) electrons. The van der Waals surface area contributed by atoms with E-state index in [-0.39, 0.29) is 11.6 Å². The molecule has 0 bridgehead atoms. The molecule has 0 spiro atoms. The molecular formula is C19H15ClN2O. The Kier molecular flexibility index (Phi) is 3.31. The summed E-state index contributed by atoms with van der Waals surface area (Å²) in [5.41, 5.74) is 2.86. The summed E-state index contributed by atoms with van der Waals surface area (Å²) < 4.78 is 1.80. The molecule has 23 heavy (non-hydrogen) atoms. The molecule has 3 aromatic rings. The van der Waals surface area contributed by atoms with Crippen LogP contribution in [0.25, 0.3) is 22.6 Å². The number of rotatable bonds is 1. The zero-order chi connectivity index (χ0) is 16.0. The third kappa shape index (κ3) is 2.37. The predicted molar refractivity (Wildman–Crippen MR) is 94.7 cm³/mol. The maximum Gasteiger partial charge on any atom is 0.261 e. The number of allylic oxidation sites excluding steroid dienone is 1. The SMILES string of the molecule is CC1CC(=Cc2ccccc2)c2nc3cc(Cl)ccc3c(=O)n21. The summed E-state index contributed by atoms with van der Waals surface area (Å²) in [4.78, 5) is 17.5. The van der Waals surface area contributed by atoms with Crippen LogP contribution in [0.5, 0.6) is 0 Å². The largest absolute Gasteiger partial charge is 0.289 e. The van der Waals surface area contributed by atoms with Gasteiger partial charge in [0.2, 0.25) is 0 Å². The van der Waals surface area contributed by atoms with Crippen LogP contribution in [0.4, 0.5) is 0 Å². The predicted octanol–water partition coefficient (Wildman–Crippen LogP) is 4.56. The van der Waals surface area contributed by atoms with Crippen molar-refractivity contribution in [1.82, 2.24) is 9.55 Å². The van der Waals surface area contributed by atoms with Crippen LogP contribution in [0.3, 0.4) is 0 Å². The molecule has 3 nitrogen and oxygen atoms in total. The van der Waals surface area contributed by atoms with Crippen molar-refractivity contribution in [2.45, 2.75) is 19.4 Å². The number of nitrogens with zero attached hydrogens (tertiary/aromatic N) is 2. The zero-order valence-electron chi connectivity index (χ0n) is 12.7. The first kappa shape index (κ1) is 14.2. The molecule has 1 unspecified atom stereocenters. The zero-order valence-corrected chi connectivity index (χ0v) is 13.4. The van der Waals surface area contributed by atoms with Gasteiger partial charge in [-0.3, -0.25) is 9.36 Å². The van der Waals surface area contributed by atoms with Crippen molar-refractivity contribution in [2.24, 2.45) is 0 Å². The summed E-state index contributed by atoms with van der Waals surface area (Å²) >= 11 is 6.05. The molecule has 0 fully saturated rings. The van der Waals surface area contributed by atoms with E-state index in [1.165, 1.54) is 0 Å². The molecule has 4 rings (SSSR count). The van der Waals surface area contributed by atoms with E-state index in [0.717, 1.165) is 23.4 Å². The van der Waals surface area contributed by atoms with Crippen LogP contribution >= 0.6 is 11.6 Å². The van der Waals surface area contributed by atoms with Gasteiger partial charge in [0.05, 0.1) is 10.9 Å². The van der Waals surface area contributed by atoms with E-state index >= 15 is 0 Å². The molecule has 0 N–H and O–H groups in total. The van der Waals surface area contributed by atoms with E-state index in [0.29, 0.717) is 15.9 Å². The first-order chi connectivity index (χ1) is 11.1. The molecule has 114 valence electrons. The number of aromatic nitrogens is 2. The van der Waals surface area contributed by atoms with Gasteiger partial charge in [-0.2, -0.15) is 0 Å². The topological polar surface area (TPSA) is 34.9 Å². The third-order valence-electron chi connectivity index (χ3n) is 4.25. The third-order valence-corrected chi connectivity index (χ3v) is 4.48. The first-order valence-corrected chi connectivity index (χ1v) is 7.99. The lowest BCUT2D eigenvalue weighted by molar-refractivity contribution is 0.574. The van der Waals surface area contributed by atoms with Crippen molar-refractivity contribution in [3.8, 4) is 0 Å². The first-order valence-electron chi connectivity index (χ1n) is 7.61. The van der Waals surface area contributed by atoms with Crippen molar-refractivity contribution in [2.75, 3.05) is 0 Å². The highest BCUT2D eigenvalue weighted by molar-refractivity contribution is 6.31. The molecule has 2 aromatic carbocycles. The van der Waals surface area contributed by atoms with E-state index in [1.807, 2.05) is 18.2 Å². The van der Waals surface area contributed by atoms with Crippen LogP contribution in [0.2, 0.25) is 5.02 Å². The maximum absolute atomic E-state index is 12.8. The van der Waals surface area contributed by atoms with Gasteiger partial charge in [-0.05, 0) is 48.8 Å². The fourth-order valence-electron chi connectivity index (χ4n) is 3.18. The van der Waals surface area contributed by atoms with Crippen molar-refractivity contribution < 1.29 is 0 Å². The minimum atomic E-state index is 0.00521. The highest BCUT2D eigenvalue weighted by Crippen LogP contribution is 2.34. The lowest BCUT2D eigenvalue weighted by Gasteiger charge is -2.09. The number of fused-ring (bicyclic) bond motifs is 2. The second kappa shape index (κ2) is 5.36. The number of hydrogen-bond donors (Lipinski definition) is 0. The Balaban J connectivity index is 1.97. The molecule has 1 aliphatic rings. The van der Waals surface area contributed by atoms with Crippen LogP contribution in [0.1, 0.15) is 30.8 Å². The molecule has 4 heteroatoms. The quantitative estimate of drug-likeness (QED) is 0.658. The molecule has 0 aliphatic carbocycles. The second-order valence-corrected chi connectivity index (χ2v) is 6.34. The van der Waals surface area contributed by atoms with Crippen molar-refractivity contribution >= 4 is 34.2 Å². The average molecular weight is 323 g/mol. The van der Waals surface area contributed by atoms with Crippen LogP contribution in [-0.2, 0) is 0 Å². The molecule has 0 saturated heterocycles. The Bertz CT molecular complexity index is 989. The maximum atomic E-state index is 12.8. The van der Waals surface area contributed by atoms with Crippen LogP contribution in [-0.4, -0.2) is 9.55 Å². The van der Waals surface area contributed by atoms with Gasteiger partial charge in [-0.15, -0.1) is 0 Å². The fraction of sp³-hybridized carbons (Fsp3) is 0.158. The van der Waals surface area contributed by atoms with Gasteiger partial charge in [-0.25, -0.2) is 4.98 Å². The van der Waals surface area contributed by atoms with E-state index in [1.54, 1.807) is 22.8 Å². The minimum Gasteiger partial charge on any atom is -0.289 e. The van der Waals surface area contributed by atoms with Gasteiger partial charge in [0.1, 0.15) is 5.82 Å². The number of benzene rings is 2. The monoisotopic (exact) mass is 322 g/mol. The van der Waals surface area contributed by atoms with Gasteiger partial charge < -0.3 is 0 Å². The Labute approximate surface area is 138 Å². The average Bonchev–Trinajstić information content (AvgIpc) is 2.84. The van der Waals surface area contributed by atoms with Crippen molar-refractivity contribution in [3.63, 3.8) is 0 Å². The Morgan fingerprint density at radius 1 is 1.22 bits per heavy atom. The Morgan fingerprint density at radius 3 is 2.78 bits per heavy atom. The van der Waals surface area contributed by atoms with Gasteiger partial charge >= 0.3 is 0 Å². The smallest absolute Gasteiger partial charge is 0.261 e. The van der Waals surface area contributed by atoms with E-state index in [9.17, 15) is 4.79 Å². The Hall–Kier alpha value is -2.39. The molecule has 1 aromatic heterocycles. The lowest BCUT2D eigenvalue weighted by atomic mass is 10.1. The molecule has 1 aliphatic heterocycles. The van der Waals surface area contributed by atoms with E-state index in [2.05, 4.69) is 25.1 Å². The van der Waals surface area contributed by atoms with Gasteiger partial charge in [0.15, 0.2) is 0 Å². The standard InChI is InChI=1S/C19H15ClN2O/c1-12-9-14(10-13-5-3-2-4-6-13)18-21-17-11-15(20)7-8-16(17)19(23)22(12)18/h2-8,10-12H,9H2,1H3. The van der Waals surface area contributed by atoms with Gasteiger partial charge in [-0.1, -0.05) is 41.9 Å². The second-order valence-electron chi connectivity index (χ2n) is 5.91. The lowest BCUT2D eigenvalue weighted by Crippen LogP contribution is -2.22. The van der Waals surface area contributed by atoms with Gasteiger partial charge in [0, 0.05) is 11.1 Å². The molecular weight excluding hydrogens is 308 g/mol.